The van der Waals surface area contributed by atoms with Crippen molar-refractivity contribution in [2.24, 2.45) is 0 Å². The van der Waals surface area contributed by atoms with E-state index in [4.69, 9.17) is 4.74 Å². The zero-order valence-electron chi connectivity index (χ0n) is 11.3. The number of hydrogen-bond acceptors (Lipinski definition) is 1. The maximum atomic E-state index is 13.1. The van der Waals surface area contributed by atoms with Crippen LogP contribution in [0.1, 0.15) is 11.1 Å². The summed E-state index contributed by atoms with van der Waals surface area (Å²) in [6.07, 6.45) is 1.04. The molecule has 0 aromatic heterocycles. The third kappa shape index (κ3) is 3.99. The molecule has 0 N–H and O–H groups in total. The zero-order valence-corrected chi connectivity index (χ0v) is 11.3. The van der Waals surface area contributed by atoms with Crippen molar-refractivity contribution in [2.75, 3.05) is 7.11 Å². The summed E-state index contributed by atoms with van der Waals surface area (Å²) in [6.45, 7) is 0. The first-order valence-corrected chi connectivity index (χ1v) is 6.23. The summed E-state index contributed by atoms with van der Waals surface area (Å²) >= 11 is 0. The van der Waals surface area contributed by atoms with Crippen LogP contribution in [0.15, 0.2) is 60.7 Å². The van der Waals surface area contributed by atoms with E-state index in [1.54, 1.807) is 24.3 Å². The Morgan fingerprint density at radius 2 is 1.57 bits per heavy atom. The Labute approximate surface area is 121 Å². The number of methoxy groups -OCH3 is 1. The number of ether oxygens (including phenoxy) is 1. The SMILES string of the molecule is COc1ccc(C(C=Cc2ccc(F)cc2)=C(F)F)cc1. The van der Waals surface area contributed by atoms with E-state index in [9.17, 15) is 13.2 Å². The molecule has 0 aliphatic carbocycles. The standard InChI is InChI=1S/C17H13F3O/c1-21-15-9-5-13(6-10-15)16(17(19)20)11-4-12-2-7-14(18)8-3-12/h2-11H,1H3. The molecule has 0 fully saturated rings. The van der Waals surface area contributed by atoms with Crippen molar-refractivity contribution in [3.05, 3.63) is 77.6 Å². The normalized spacial score (nSPS) is 10.7. The first kappa shape index (κ1) is 14.9. The second-order valence-corrected chi connectivity index (χ2v) is 4.29. The maximum Gasteiger partial charge on any atom is 0.278 e. The molecule has 0 aliphatic rings. The Bertz CT molecular complexity index is 651. The van der Waals surface area contributed by atoms with E-state index >= 15 is 0 Å². The molecule has 2 rings (SSSR count). The molecule has 0 spiro atoms. The summed E-state index contributed by atoms with van der Waals surface area (Å²) < 4.78 is 43.9. The fraction of sp³-hybridized carbons (Fsp3) is 0.0588. The number of hydrogen-bond donors (Lipinski definition) is 0. The first-order chi connectivity index (χ1) is 10.1. The Morgan fingerprint density at radius 3 is 2.10 bits per heavy atom. The average Bonchev–Trinajstić information content (AvgIpc) is 2.49. The second-order valence-electron chi connectivity index (χ2n) is 4.29. The molecule has 0 saturated heterocycles. The fourth-order valence-electron chi connectivity index (χ4n) is 1.79. The van der Waals surface area contributed by atoms with Crippen molar-refractivity contribution in [1.82, 2.24) is 0 Å². The molecule has 0 atom stereocenters. The van der Waals surface area contributed by atoms with Crippen LogP contribution in [-0.4, -0.2) is 7.11 Å². The molecule has 0 heterocycles. The van der Waals surface area contributed by atoms with Gasteiger partial charge in [0.25, 0.3) is 6.08 Å². The fourth-order valence-corrected chi connectivity index (χ4v) is 1.79. The van der Waals surface area contributed by atoms with E-state index < -0.39 is 6.08 Å². The Kier molecular flexibility index (Phi) is 4.82. The van der Waals surface area contributed by atoms with Crippen LogP contribution in [0.25, 0.3) is 11.6 Å². The van der Waals surface area contributed by atoms with Crippen LogP contribution in [0.2, 0.25) is 0 Å². The largest absolute Gasteiger partial charge is 0.497 e. The summed E-state index contributed by atoms with van der Waals surface area (Å²) in [5, 5.41) is 0. The lowest BCUT2D eigenvalue weighted by atomic mass is 10.1. The minimum atomic E-state index is -1.78. The van der Waals surface area contributed by atoms with Gasteiger partial charge in [-0.2, -0.15) is 8.78 Å². The third-order valence-corrected chi connectivity index (χ3v) is 2.92. The minimum Gasteiger partial charge on any atom is -0.497 e. The molecule has 0 aliphatic heterocycles. The molecule has 2 aromatic rings. The summed E-state index contributed by atoms with van der Waals surface area (Å²) in [6, 6.07) is 11.9. The van der Waals surface area contributed by atoms with Gasteiger partial charge in [-0.05, 0) is 41.5 Å². The van der Waals surface area contributed by atoms with Gasteiger partial charge in [-0.1, -0.05) is 30.3 Å². The van der Waals surface area contributed by atoms with Crippen molar-refractivity contribution in [3.63, 3.8) is 0 Å². The van der Waals surface area contributed by atoms with Crippen LogP contribution >= 0.6 is 0 Å². The van der Waals surface area contributed by atoms with E-state index in [1.165, 1.54) is 43.5 Å². The van der Waals surface area contributed by atoms with Crippen LogP contribution in [0.3, 0.4) is 0 Å². The van der Waals surface area contributed by atoms with Crippen LogP contribution in [0, 0.1) is 5.82 Å². The van der Waals surface area contributed by atoms with Gasteiger partial charge in [0.1, 0.15) is 11.6 Å². The van der Waals surface area contributed by atoms with Crippen LogP contribution < -0.4 is 4.74 Å². The van der Waals surface area contributed by atoms with E-state index in [1.807, 2.05) is 0 Å². The molecule has 2 aromatic carbocycles. The molecule has 1 nitrogen and oxygen atoms in total. The Balaban J connectivity index is 2.27. The number of allylic oxidation sites excluding steroid dienone is 2. The molecular formula is C17H13F3O. The van der Waals surface area contributed by atoms with Gasteiger partial charge in [-0.3, -0.25) is 0 Å². The average molecular weight is 290 g/mol. The van der Waals surface area contributed by atoms with Gasteiger partial charge in [0.2, 0.25) is 0 Å². The van der Waals surface area contributed by atoms with Crippen molar-refractivity contribution >= 4 is 11.6 Å². The van der Waals surface area contributed by atoms with Crippen molar-refractivity contribution in [1.29, 1.82) is 0 Å². The maximum absolute atomic E-state index is 13.1. The molecule has 0 bridgehead atoms. The Morgan fingerprint density at radius 1 is 0.952 bits per heavy atom. The monoisotopic (exact) mass is 290 g/mol. The lowest BCUT2D eigenvalue weighted by Crippen LogP contribution is -1.86. The van der Waals surface area contributed by atoms with Crippen LogP contribution in [0.5, 0.6) is 5.75 Å². The summed E-state index contributed by atoms with van der Waals surface area (Å²) in [7, 11) is 1.51. The summed E-state index contributed by atoms with van der Waals surface area (Å²) in [5.74, 6) is 0.231. The number of benzene rings is 2. The minimum absolute atomic E-state index is 0.179. The molecule has 0 amide bonds. The van der Waals surface area contributed by atoms with Crippen molar-refractivity contribution in [3.8, 4) is 5.75 Å². The van der Waals surface area contributed by atoms with Gasteiger partial charge < -0.3 is 4.74 Å². The lowest BCUT2D eigenvalue weighted by Gasteiger charge is -2.04. The predicted molar refractivity (Wildman–Crippen MR) is 77.6 cm³/mol. The quantitative estimate of drug-likeness (QED) is 0.707. The molecular weight excluding hydrogens is 277 g/mol. The van der Waals surface area contributed by atoms with Gasteiger partial charge in [0, 0.05) is 5.57 Å². The summed E-state index contributed by atoms with van der Waals surface area (Å²) in [5.41, 5.74) is 0.847. The van der Waals surface area contributed by atoms with Gasteiger partial charge in [0.05, 0.1) is 7.11 Å². The highest BCUT2D eigenvalue weighted by Gasteiger charge is 2.06. The summed E-state index contributed by atoms with van der Waals surface area (Å²) in [4.78, 5) is 0. The predicted octanol–water partition coefficient (Wildman–Crippen LogP) is 5.16. The van der Waals surface area contributed by atoms with Crippen molar-refractivity contribution < 1.29 is 17.9 Å². The number of rotatable bonds is 4. The third-order valence-electron chi connectivity index (χ3n) is 2.92. The highest BCUT2D eigenvalue weighted by molar-refractivity contribution is 5.79. The highest BCUT2D eigenvalue weighted by Crippen LogP contribution is 2.25. The first-order valence-electron chi connectivity index (χ1n) is 6.23. The molecule has 4 heteroatoms. The zero-order chi connectivity index (χ0) is 15.2. The van der Waals surface area contributed by atoms with Gasteiger partial charge in [0.15, 0.2) is 0 Å². The van der Waals surface area contributed by atoms with Gasteiger partial charge in [-0.15, -0.1) is 0 Å². The molecule has 0 saturated carbocycles. The molecule has 0 unspecified atom stereocenters. The molecule has 21 heavy (non-hydrogen) atoms. The smallest absolute Gasteiger partial charge is 0.278 e. The lowest BCUT2D eigenvalue weighted by molar-refractivity contribution is 0.414. The van der Waals surface area contributed by atoms with E-state index in [0.717, 1.165) is 0 Å². The van der Waals surface area contributed by atoms with E-state index in [0.29, 0.717) is 16.9 Å². The van der Waals surface area contributed by atoms with Gasteiger partial charge in [-0.25, -0.2) is 4.39 Å². The van der Waals surface area contributed by atoms with Crippen LogP contribution in [0.4, 0.5) is 13.2 Å². The van der Waals surface area contributed by atoms with E-state index in [-0.39, 0.29) is 11.4 Å². The van der Waals surface area contributed by atoms with Gasteiger partial charge >= 0.3 is 0 Å². The Hall–Kier alpha value is -2.49. The topological polar surface area (TPSA) is 9.23 Å². The van der Waals surface area contributed by atoms with E-state index in [2.05, 4.69) is 0 Å². The van der Waals surface area contributed by atoms with Crippen molar-refractivity contribution in [2.45, 2.75) is 0 Å². The second kappa shape index (κ2) is 6.79. The number of halogens is 3. The molecule has 0 radical (unpaired) electrons. The van der Waals surface area contributed by atoms with Crippen LogP contribution in [-0.2, 0) is 0 Å². The highest BCUT2D eigenvalue weighted by atomic mass is 19.3. The molecule has 108 valence electrons.